The molecule has 1 aliphatic carbocycles. The van der Waals surface area contributed by atoms with Crippen LogP contribution in [0.2, 0.25) is 0 Å². The van der Waals surface area contributed by atoms with Gasteiger partial charge in [-0.25, -0.2) is 4.79 Å². The summed E-state index contributed by atoms with van der Waals surface area (Å²) in [5.74, 6) is -0.367. The molecule has 1 saturated carbocycles. The minimum atomic E-state index is -1.10. The molecule has 0 saturated heterocycles. The molecule has 1 aromatic heterocycles. The maximum atomic E-state index is 11.0. The molecule has 0 spiro atoms. The van der Waals surface area contributed by atoms with Gasteiger partial charge in [0.15, 0.2) is 5.76 Å². The minimum Gasteiger partial charge on any atom is -0.478 e. The molecule has 98 valence electrons. The largest absolute Gasteiger partial charge is 0.478 e. The van der Waals surface area contributed by atoms with Crippen molar-refractivity contribution in [1.82, 2.24) is 0 Å². The van der Waals surface area contributed by atoms with Crippen molar-refractivity contribution < 1.29 is 19.4 Å². The highest BCUT2D eigenvalue weighted by molar-refractivity contribution is 5.88. The number of furan rings is 1. The molecule has 0 radical (unpaired) electrons. The van der Waals surface area contributed by atoms with E-state index in [1.54, 1.807) is 0 Å². The Balaban J connectivity index is 1.87. The van der Waals surface area contributed by atoms with Crippen molar-refractivity contribution in [1.29, 1.82) is 0 Å². The minimum absolute atomic E-state index is 0.00114. The van der Waals surface area contributed by atoms with Crippen LogP contribution in [0.1, 0.15) is 52.1 Å². The number of hydrogen-bond acceptors (Lipinski definition) is 3. The average Bonchev–Trinajstić information content (AvgIpc) is 3.14. The summed E-state index contributed by atoms with van der Waals surface area (Å²) in [5.41, 5.74) is 1.91. The Hall–Kier alpha value is -2.07. The van der Waals surface area contributed by atoms with Gasteiger partial charge >= 0.3 is 5.97 Å². The highest BCUT2D eigenvalue weighted by Crippen LogP contribution is 2.40. The van der Waals surface area contributed by atoms with E-state index in [1.165, 1.54) is 30.7 Å². The summed E-state index contributed by atoms with van der Waals surface area (Å²) in [6.45, 7) is 0. The molecule has 1 aliphatic rings. The van der Waals surface area contributed by atoms with Crippen LogP contribution in [0.15, 0.2) is 41.0 Å². The zero-order chi connectivity index (χ0) is 13.4. The zero-order valence-corrected chi connectivity index (χ0v) is 10.2. The second-order valence-electron chi connectivity index (χ2n) is 4.85. The van der Waals surface area contributed by atoms with Gasteiger partial charge in [0.1, 0.15) is 11.7 Å². The third-order valence-electron chi connectivity index (χ3n) is 3.47. The lowest BCUT2D eigenvalue weighted by molar-refractivity contribution is 0.0687. The first-order valence-electron chi connectivity index (χ1n) is 6.25. The maximum Gasteiger partial charge on any atom is 0.339 e. The first kappa shape index (κ1) is 12.0. The van der Waals surface area contributed by atoms with Crippen molar-refractivity contribution in [2.45, 2.75) is 24.9 Å². The second-order valence-corrected chi connectivity index (χ2v) is 4.85. The Kier molecular flexibility index (Phi) is 2.87. The van der Waals surface area contributed by atoms with E-state index in [-0.39, 0.29) is 11.3 Å². The fourth-order valence-corrected chi connectivity index (χ4v) is 2.23. The van der Waals surface area contributed by atoms with Crippen LogP contribution in [-0.4, -0.2) is 16.2 Å². The highest BCUT2D eigenvalue weighted by atomic mass is 16.4. The van der Waals surface area contributed by atoms with Crippen molar-refractivity contribution in [3.05, 3.63) is 59.0 Å². The van der Waals surface area contributed by atoms with Gasteiger partial charge in [0.05, 0.1) is 6.26 Å². The van der Waals surface area contributed by atoms with Crippen molar-refractivity contribution in [3.63, 3.8) is 0 Å². The molecule has 4 nitrogen and oxygen atoms in total. The van der Waals surface area contributed by atoms with E-state index in [4.69, 9.17) is 9.52 Å². The van der Waals surface area contributed by atoms with E-state index < -0.39 is 12.1 Å². The molecule has 1 atom stereocenters. The monoisotopic (exact) mass is 258 g/mol. The van der Waals surface area contributed by atoms with E-state index >= 15 is 0 Å². The molecule has 1 aromatic carbocycles. The summed E-state index contributed by atoms with van der Waals surface area (Å²) < 4.78 is 5.10. The van der Waals surface area contributed by atoms with Gasteiger partial charge in [-0.05, 0) is 36.0 Å². The van der Waals surface area contributed by atoms with Gasteiger partial charge in [-0.15, -0.1) is 0 Å². The summed E-state index contributed by atoms with van der Waals surface area (Å²) in [5, 5.41) is 19.2. The molecule has 3 rings (SSSR count). The zero-order valence-electron chi connectivity index (χ0n) is 10.2. The van der Waals surface area contributed by atoms with E-state index in [1.807, 2.05) is 24.3 Å². The Morgan fingerprint density at radius 2 is 1.89 bits per heavy atom. The van der Waals surface area contributed by atoms with Gasteiger partial charge in [0.25, 0.3) is 0 Å². The third-order valence-corrected chi connectivity index (χ3v) is 3.47. The van der Waals surface area contributed by atoms with Gasteiger partial charge < -0.3 is 14.6 Å². The van der Waals surface area contributed by atoms with E-state index in [0.29, 0.717) is 11.5 Å². The third kappa shape index (κ3) is 2.27. The summed E-state index contributed by atoms with van der Waals surface area (Å²) in [7, 11) is 0. The first-order chi connectivity index (χ1) is 9.16. The lowest BCUT2D eigenvalue weighted by atomic mass is 10.0. The molecule has 1 fully saturated rings. The standard InChI is InChI=1S/C15H14O4/c16-13(14-12(15(17)18)7-8-19-14)11-5-3-10(4-6-11)9-1-2-9/h3-9,13,16H,1-2H2,(H,17,18). The number of aliphatic hydroxyl groups is 1. The summed E-state index contributed by atoms with van der Waals surface area (Å²) in [4.78, 5) is 11.0. The van der Waals surface area contributed by atoms with Crippen molar-refractivity contribution in [2.24, 2.45) is 0 Å². The Morgan fingerprint density at radius 3 is 2.47 bits per heavy atom. The molecule has 0 amide bonds. The molecule has 1 unspecified atom stereocenters. The number of carbonyl (C=O) groups is 1. The quantitative estimate of drug-likeness (QED) is 0.884. The topological polar surface area (TPSA) is 70.7 Å². The maximum absolute atomic E-state index is 11.0. The normalized spacial score (nSPS) is 16.3. The van der Waals surface area contributed by atoms with Gasteiger partial charge in [-0.2, -0.15) is 0 Å². The number of benzene rings is 1. The lowest BCUT2D eigenvalue weighted by Crippen LogP contribution is -2.05. The molecule has 4 heteroatoms. The summed E-state index contributed by atoms with van der Waals surface area (Å²) >= 11 is 0. The molecule has 2 N–H and O–H groups in total. The number of carboxylic acid groups (broad SMARTS) is 1. The predicted molar refractivity (Wildman–Crippen MR) is 68.1 cm³/mol. The predicted octanol–water partition coefficient (Wildman–Crippen LogP) is 2.94. The SMILES string of the molecule is O=C(O)c1ccoc1C(O)c1ccc(C2CC2)cc1. The van der Waals surface area contributed by atoms with Crippen molar-refractivity contribution in [3.8, 4) is 0 Å². The molecular formula is C15H14O4. The molecule has 2 aromatic rings. The van der Waals surface area contributed by atoms with Crippen LogP contribution in [0.25, 0.3) is 0 Å². The Labute approximate surface area is 110 Å². The lowest BCUT2D eigenvalue weighted by Gasteiger charge is -2.10. The number of carboxylic acids is 1. The summed E-state index contributed by atoms with van der Waals surface area (Å²) in [6, 6.07) is 8.97. The first-order valence-corrected chi connectivity index (χ1v) is 6.25. The molecule has 0 aliphatic heterocycles. The van der Waals surface area contributed by atoms with Crippen LogP contribution < -0.4 is 0 Å². The number of hydrogen-bond donors (Lipinski definition) is 2. The fourth-order valence-electron chi connectivity index (χ4n) is 2.23. The van der Waals surface area contributed by atoms with Crippen LogP contribution in [0, 0.1) is 0 Å². The molecule has 19 heavy (non-hydrogen) atoms. The smallest absolute Gasteiger partial charge is 0.339 e. The van der Waals surface area contributed by atoms with Crippen molar-refractivity contribution in [2.75, 3.05) is 0 Å². The number of rotatable bonds is 4. The number of aromatic carboxylic acids is 1. The van der Waals surface area contributed by atoms with E-state index in [9.17, 15) is 9.90 Å². The van der Waals surface area contributed by atoms with Gasteiger partial charge in [0.2, 0.25) is 0 Å². The van der Waals surface area contributed by atoms with Crippen LogP contribution in [-0.2, 0) is 0 Å². The average molecular weight is 258 g/mol. The molecule has 0 bridgehead atoms. The summed E-state index contributed by atoms with van der Waals surface area (Å²) in [6.07, 6.45) is 2.68. The molecular weight excluding hydrogens is 244 g/mol. The Bertz CT molecular complexity index is 593. The second kappa shape index (κ2) is 4.55. The van der Waals surface area contributed by atoms with Gasteiger partial charge in [-0.3, -0.25) is 0 Å². The van der Waals surface area contributed by atoms with Crippen LogP contribution in [0.5, 0.6) is 0 Å². The van der Waals surface area contributed by atoms with Crippen LogP contribution in [0.3, 0.4) is 0 Å². The van der Waals surface area contributed by atoms with E-state index in [0.717, 1.165) is 0 Å². The fraction of sp³-hybridized carbons (Fsp3) is 0.267. The van der Waals surface area contributed by atoms with Crippen LogP contribution >= 0.6 is 0 Å². The molecule has 1 heterocycles. The highest BCUT2D eigenvalue weighted by Gasteiger charge is 2.25. The number of aliphatic hydroxyl groups excluding tert-OH is 1. The van der Waals surface area contributed by atoms with Crippen molar-refractivity contribution >= 4 is 5.97 Å². The van der Waals surface area contributed by atoms with Gasteiger partial charge in [-0.1, -0.05) is 24.3 Å². The van der Waals surface area contributed by atoms with Crippen LogP contribution in [0.4, 0.5) is 0 Å². The van der Waals surface area contributed by atoms with Gasteiger partial charge in [0, 0.05) is 0 Å². The van der Waals surface area contributed by atoms with E-state index in [2.05, 4.69) is 0 Å². The Morgan fingerprint density at radius 1 is 1.21 bits per heavy atom.